The first-order valence-corrected chi connectivity index (χ1v) is 11.5. The summed E-state index contributed by atoms with van der Waals surface area (Å²) < 4.78 is 2.01. The lowest BCUT2D eigenvalue weighted by Gasteiger charge is -2.18. The zero-order valence-corrected chi connectivity index (χ0v) is 18.9. The maximum atomic E-state index is 13.2. The first-order valence-electron chi connectivity index (χ1n) is 8.86. The summed E-state index contributed by atoms with van der Waals surface area (Å²) in [5.41, 5.74) is 1.62. The van der Waals surface area contributed by atoms with Crippen LogP contribution in [0, 0.1) is 0 Å². The van der Waals surface area contributed by atoms with Crippen LogP contribution in [-0.2, 0) is 4.79 Å². The molecule has 1 amide bonds. The Morgan fingerprint density at radius 3 is 2.73 bits per heavy atom. The molecule has 0 aliphatic heterocycles. The van der Waals surface area contributed by atoms with Gasteiger partial charge in [0, 0.05) is 17.8 Å². The molecule has 4 aromatic rings. The van der Waals surface area contributed by atoms with Gasteiger partial charge in [-0.1, -0.05) is 53.2 Å². The van der Waals surface area contributed by atoms with Crippen LogP contribution in [0.4, 0.5) is 5.69 Å². The van der Waals surface area contributed by atoms with Gasteiger partial charge in [-0.05, 0) is 41.8 Å². The summed E-state index contributed by atoms with van der Waals surface area (Å²) in [6, 6.07) is 15.9. The summed E-state index contributed by atoms with van der Waals surface area (Å²) in [7, 11) is 1.69. The molecule has 0 saturated carbocycles. The van der Waals surface area contributed by atoms with E-state index in [0.29, 0.717) is 36.8 Å². The molecule has 30 heavy (non-hydrogen) atoms. The summed E-state index contributed by atoms with van der Waals surface area (Å²) in [4.78, 5) is 32.1. The van der Waals surface area contributed by atoms with E-state index >= 15 is 0 Å². The third kappa shape index (κ3) is 4.11. The third-order valence-corrected chi connectivity index (χ3v) is 6.81. The largest absolute Gasteiger partial charge is 0.315 e. The van der Waals surface area contributed by atoms with E-state index in [1.165, 1.54) is 32.6 Å². The number of aromatic nitrogens is 2. The van der Waals surface area contributed by atoms with Crippen molar-refractivity contribution in [3.05, 3.63) is 80.4 Å². The minimum Gasteiger partial charge on any atom is -0.315 e. The highest BCUT2D eigenvalue weighted by molar-refractivity contribution is 7.99. The first-order chi connectivity index (χ1) is 14.5. The fourth-order valence-electron chi connectivity index (χ4n) is 2.89. The molecular weight excluding hydrogens is 461 g/mol. The third-order valence-electron chi connectivity index (χ3n) is 4.44. The predicted molar refractivity (Wildman–Crippen MR) is 126 cm³/mol. The maximum Gasteiger partial charge on any atom is 0.276 e. The van der Waals surface area contributed by atoms with Crippen LogP contribution >= 0.6 is 46.3 Å². The molecule has 5 nitrogen and oxygen atoms in total. The number of carbonyl (C=O) groups is 1. The molecule has 2 aromatic heterocycles. The van der Waals surface area contributed by atoms with E-state index in [9.17, 15) is 9.59 Å². The van der Waals surface area contributed by atoms with E-state index in [-0.39, 0.29) is 17.2 Å². The van der Waals surface area contributed by atoms with Crippen LogP contribution in [0.5, 0.6) is 0 Å². The average Bonchev–Trinajstić information content (AvgIpc) is 3.21. The second-order valence-electron chi connectivity index (χ2n) is 6.34. The number of nitrogens with zero attached hydrogens (tertiary/aromatic N) is 3. The lowest BCUT2D eigenvalue weighted by molar-refractivity contribution is -0.115. The van der Waals surface area contributed by atoms with Crippen LogP contribution in [-0.4, -0.2) is 28.3 Å². The molecule has 2 aromatic carbocycles. The van der Waals surface area contributed by atoms with Gasteiger partial charge in [0.05, 0.1) is 22.0 Å². The highest BCUT2D eigenvalue weighted by atomic mass is 35.5. The minimum absolute atomic E-state index is 0.0928. The van der Waals surface area contributed by atoms with Gasteiger partial charge in [0.1, 0.15) is 4.70 Å². The van der Waals surface area contributed by atoms with Crippen molar-refractivity contribution in [2.24, 2.45) is 0 Å². The Kier molecular flexibility index (Phi) is 6.15. The molecule has 0 fully saturated rings. The topological polar surface area (TPSA) is 55.2 Å². The highest BCUT2D eigenvalue weighted by Gasteiger charge is 2.19. The lowest BCUT2D eigenvalue weighted by atomic mass is 10.3. The average molecular weight is 476 g/mol. The molecule has 0 saturated heterocycles. The molecule has 152 valence electrons. The lowest BCUT2D eigenvalue weighted by Crippen LogP contribution is -2.28. The van der Waals surface area contributed by atoms with E-state index in [1.807, 2.05) is 11.4 Å². The fourth-order valence-corrected chi connectivity index (χ4v) is 4.97. The number of fused-ring (bicyclic) bond motifs is 1. The number of anilines is 1. The maximum absolute atomic E-state index is 13.2. The Hall–Kier alpha value is -2.32. The number of benzene rings is 2. The fraction of sp³-hybridized carbons (Fsp3) is 0.0952. The van der Waals surface area contributed by atoms with Crippen molar-refractivity contribution in [3.8, 4) is 5.69 Å². The molecule has 0 N–H and O–H groups in total. The molecule has 9 heteroatoms. The number of amides is 1. The van der Waals surface area contributed by atoms with Crippen LogP contribution in [0.25, 0.3) is 15.9 Å². The molecule has 0 atom stereocenters. The molecule has 0 aliphatic carbocycles. The minimum atomic E-state index is -0.207. The molecule has 0 bridgehead atoms. The van der Waals surface area contributed by atoms with Gasteiger partial charge >= 0.3 is 0 Å². The standard InChI is InChI=1S/C21H15Cl2N3O2S2/c1-25(14-6-4-5-13(22)11-14)18(27)12-30-21-24-16-9-10-29-19(16)20(28)26(21)17-8-3-2-7-15(17)23/h2-11H,12H2,1H3. The normalized spacial score (nSPS) is 11.0. The number of hydrogen-bond donors (Lipinski definition) is 0. The Labute approximate surface area is 190 Å². The summed E-state index contributed by atoms with van der Waals surface area (Å²) in [6.07, 6.45) is 0. The monoisotopic (exact) mass is 475 g/mol. The van der Waals surface area contributed by atoms with Crippen LogP contribution < -0.4 is 10.5 Å². The second-order valence-corrected chi connectivity index (χ2v) is 9.04. The Balaban J connectivity index is 1.69. The zero-order chi connectivity index (χ0) is 21.3. The summed E-state index contributed by atoms with van der Waals surface area (Å²) in [5, 5.41) is 3.22. The van der Waals surface area contributed by atoms with Crippen molar-refractivity contribution >= 4 is 68.1 Å². The van der Waals surface area contributed by atoms with Gasteiger partial charge < -0.3 is 4.90 Å². The number of carbonyl (C=O) groups excluding carboxylic acids is 1. The van der Waals surface area contributed by atoms with Gasteiger partial charge in [-0.15, -0.1) is 11.3 Å². The quantitative estimate of drug-likeness (QED) is 0.282. The van der Waals surface area contributed by atoms with Crippen molar-refractivity contribution in [2.45, 2.75) is 5.16 Å². The van der Waals surface area contributed by atoms with E-state index in [4.69, 9.17) is 23.2 Å². The highest BCUT2D eigenvalue weighted by Crippen LogP contribution is 2.27. The predicted octanol–water partition coefficient (Wildman–Crippen LogP) is 5.51. The van der Waals surface area contributed by atoms with Crippen molar-refractivity contribution in [1.29, 1.82) is 0 Å². The van der Waals surface area contributed by atoms with Crippen LogP contribution in [0.1, 0.15) is 0 Å². The Morgan fingerprint density at radius 1 is 1.17 bits per heavy atom. The van der Waals surface area contributed by atoms with Crippen LogP contribution in [0.15, 0.2) is 69.9 Å². The molecule has 2 heterocycles. The number of halogens is 2. The second kappa shape index (κ2) is 8.81. The zero-order valence-electron chi connectivity index (χ0n) is 15.7. The van der Waals surface area contributed by atoms with Crippen molar-refractivity contribution in [1.82, 2.24) is 9.55 Å². The smallest absolute Gasteiger partial charge is 0.276 e. The van der Waals surface area contributed by atoms with Gasteiger partial charge in [-0.2, -0.15) is 0 Å². The number of rotatable bonds is 5. The number of hydrogen-bond acceptors (Lipinski definition) is 5. The molecule has 0 aliphatic rings. The number of thiophene rings is 1. The SMILES string of the molecule is CN(C(=O)CSc1nc2ccsc2c(=O)n1-c1ccccc1Cl)c1cccc(Cl)c1. The first kappa shape index (κ1) is 20.9. The van der Waals surface area contributed by atoms with Gasteiger partial charge in [-0.3, -0.25) is 14.2 Å². The van der Waals surface area contributed by atoms with Crippen LogP contribution in [0.2, 0.25) is 10.0 Å². The Morgan fingerprint density at radius 2 is 1.97 bits per heavy atom. The van der Waals surface area contributed by atoms with E-state index in [1.54, 1.807) is 55.6 Å². The molecule has 0 radical (unpaired) electrons. The van der Waals surface area contributed by atoms with E-state index < -0.39 is 0 Å². The molecule has 0 unspecified atom stereocenters. The van der Waals surface area contributed by atoms with Gasteiger partial charge in [-0.25, -0.2) is 4.98 Å². The van der Waals surface area contributed by atoms with E-state index in [2.05, 4.69) is 4.98 Å². The van der Waals surface area contributed by atoms with E-state index in [0.717, 1.165) is 0 Å². The molecule has 0 spiro atoms. The Bertz CT molecular complexity index is 1300. The van der Waals surface area contributed by atoms with Crippen LogP contribution in [0.3, 0.4) is 0 Å². The van der Waals surface area contributed by atoms with Crippen molar-refractivity contribution < 1.29 is 4.79 Å². The summed E-state index contributed by atoms with van der Waals surface area (Å²) >= 11 is 14.9. The van der Waals surface area contributed by atoms with Crippen molar-refractivity contribution in [2.75, 3.05) is 17.7 Å². The van der Waals surface area contributed by atoms with Gasteiger partial charge in [0.15, 0.2) is 5.16 Å². The van der Waals surface area contributed by atoms with Crippen molar-refractivity contribution in [3.63, 3.8) is 0 Å². The number of thioether (sulfide) groups is 1. The summed E-state index contributed by atoms with van der Waals surface area (Å²) in [6.45, 7) is 0. The van der Waals surface area contributed by atoms with Gasteiger partial charge in [0.25, 0.3) is 5.56 Å². The molecule has 4 rings (SSSR count). The summed E-state index contributed by atoms with van der Waals surface area (Å²) in [5.74, 6) is -0.0529. The number of para-hydroxylation sites is 1. The van der Waals surface area contributed by atoms with Gasteiger partial charge in [0.2, 0.25) is 5.91 Å². The molecular formula is C21H15Cl2N3O2S2.